The molecule has 2 aliphatic carbocycles. The predicted octanol–water partition coefficient (Wildman–Crippen LogP) is 0.0371. The third kappa shape index (κ3) is 7.15. The molecule has 248 valence electrons. The van der Waals surface area contributed by atoms with Gasteiger partial charge < -0.3 is 20.6 Å². The second-order valence-corrected chi connectivity index (χ2v) is 13.7. The summed E-state index contributed by atoms with van der Waals surface area (Å²) in [6.45, 7) is 2.05. The number of aromatic hydroxyl groups is 2. The van der Waals surface area contributed by atoms with Crippen LogP contribution in [-0.2, 0) is 0 Å². The molecule has 2 aliphatic rings. The number of anilines is 1. The van der Waals surface area contributed by atoms with Crippen molar-refractivity contribution in [1.29, 1.82) is 0 Å². The summed E-state index contributed by atoms with van der Waals surface area (Å²) in [5.41, 5.74) is 2.42. The minimum atomic E-state index is -0.512. The molecule has 48 heavy (non-hydrogen) atoms. The Morgan fingerprint density at radius 1 is 0.917 bits per heavy atom. The molecular formula is C29H28ClN11O5S2. The number of aromatic nitrogens is 8. The monoisotopic (exact) mass is 709 g/mol. The molecule has 1 unspecified atom stereocenters. The number of aromatic amines is 2. The highest BCUT2D eigenvalue weighted by Gasteiger charge is 2.21. The molecule has 0 radical (unpaired) electrons. The Balaban J connectivity index is 0.000000154. The van der Waals surface area contributed by atoms with E-state index in [0.29, 0.717) is 72.1 Å². The average molecular weight is 710 g/mol. The highest BCUT2D eigenvalue weighted by atomic mass is 35.5. The van der Waals surface area contributed by atoms with E-state index in [4.69, 9.17) is 11.6 Å². The zero-order valence-electron chi connectivity index (χ0n) is 25.2. The van der Waals surface area contributed by atoms with E-state index in [1.54, 1.807) is 52.6 Å². The van der Waals surface area contributed by atoms with Crippen LogP contribution in [0.3, 0.4) is 0 Å². The molecule has 0 aromatic carbocycles. The van der Waals surface area contributed by atoms with E-state index in [-0.39, 0.29) is 21.5 Å². The molecule has 6 aromatic heterocycles. The van der Waals surface area contributed by atoms with Crippen molar-refractivity contribution in [3.8, 4) is 11.8 Å². The van der Waals surface area contributed by atoms with Crippen LogP contribution in [-0.4, -0.2) is 79.2 Å². The zero-order chi connectivity index (χ0) is 33.5. The van der Waals surface area contributed by atoms with Crippen LogP contribution in [0.2, 0.25) is 5.15 Å². The fourth-order valence-corrected chi connectivity index (χ4v) is 6.09. The molecule has 0 saturated heterocycles. The molecule has 6 heterocycles. The molecule has 0 bridgehead atoms. The lowest BCUT2D eigenvalue weighted by molar-refractivity contribution is 0.208. The molecular weight excluding hydrogens is 682 g/mol. The minimum absolute atomic E-state index is 0.167. The molecule has 8 rings (SSSR count). The third-order valence-electron chi connectivity index (χ3n) is 7.12. The number of thiazole rings is 2. The fraction of sp³-hybridized carbons (Fsp3) is 0.310. The maximum Gasteiger partial charge on any atom is 0.307 e. The molecule has 16 nitrogen and oxygen atoms in total. The van der Waals surface area contributed by atoms with Crippen molar-refractivity contribution in [3.63, 3.8) is 0 Å². The van der Waals surface area contributed by atoms with E-state index >= 15 is 0 Å². The van der Waals surface area contributed by atoms with E-state index in [2.05, 4.69) is 45.4 Å². The average Bonchev–Trinajstić information content (AvgIpc) is 3.89. The number of nitrogens with one attached hydrogen (secondary N) is 3. The Morgan fingerprint density at radius 3 is 1.88 bits per heavy atom. The Bertz CT molecular complexity index is 2520. The predicted molar refractivity (Wildman–Crippen MR) is 179 cm³/mol. The van der Waals surface area contributed by atoms with Gasteiger partial charge in [0.05, 0.1) is 40.3 Å². The van der Waals surface area contributed by atoms with E-state index in [1.807, 2.05) is 0 Å². The first-order valence-electron chi connectivity index (χ1n) is 14.9. The van der Waals surface area contributed by atoms with Crippen LogP contribution in [0.25, 0.3) is 23.4 Å². The minimum Gasteiger partial charge on any atom is -0.493 e. The van der Waals surface area contributed by atoms with E-state index in [9.17, 15) is 24.9 Å². The summed E-state index contributed by atoms with van der Waals surface area (Å²) in [6, 6.07) is 4.12. The van der Waals surface area contributed by atoms with E-state index < -0.39 is 6.10 Å². The lowest BCUT2D eigenvalue weighted by atomic mass is 10.3. The summed E-state index contributed by atoms with van der Waals surface area (Å²) in [5, 5.41) is 42.3. The molecule has 6 N–H and O–H groups in total. The lowest BCUT2D eigenvalue weighted by Crippen LogP contribution is -2.22. The van der Waals surface area contributed by atoms with Crippen molar-refractivity contribution in [1.82, 2.24) is 39.2 Å². The number of halogens is 1. The van der Waals surface area contributed by atoms with Crippen LogP contribution in [0.4, 0.5) is 5.82 Å². The first-order chi connectivity index (χ1) is 23.1. The van der Waals surface area contributed by atoms with Gasteiger partial charge in [-0.3, -0.25) is 29.5 Å². The van der Waals surface area contributed by atoms with E-state index in [0.717, 1.165) is 48.4 Å². The smallest absolute Gasteiger partial charge is 0.307 e. The molecule has 6 aromatic rings. The highest BCUT2D eigenvalue weighted by Crippen LogP contribution is 2.23. The number of aliphatic hydroxyl groups is 1. The fourth-order valence-electron chi connectivity index (χ4n) is 4.55. The maximum atomic E-state index is 11.4. The second-order valence-electron chi connectivity index (χ2n) is 11.3. The largest absolute Gasteiger partial charge is 0.493 e. The molecule has 19 heteroatoms. The first-order valence-corrected chi connectivity index (χ1v) is 16.9. The van der Waals surface area contributed by atoms with Gasteiger partial charge >= 0.3 is 9.75 Å². The second kappa shape index (κ2) is 12.9. The van der Waals surface area contributed by atoms with Crippen LogP contribution >= 0.6 is 34.3 Å². The van der Waals surface area contributed by atoms with Crippen molar-refractivity contribution in [2.75, 3.05) is 11.9 Å². The van der Waals surface area contributed by atoms with Gasteiger partial charge in [0.1, 0.15) is 11.0 Å². The molecule has 0 aliphatic heterocycles. The quantitative estimate of drug-likeness (QED) is 0.122. The van der Waals surface area contributed by atoms with Crippen LogP contribution < -0.4 is 36.5 Å². The summed E-state index contributed by atoms with van der Waals surface area (Å²) in [7, 11) is 0. The van der Waals surface area contributed by atoms with E-state index in [1.165, 1.54) is 0 Å². The standard InChI is InChI=1S/C16H18N6O3S.C13H10ClN5O2S/c1-8(23)6-17-12-5-13(19-10-2-3-10)22-14(20-12)9(7-18-22)4-11-15(24)21-16(25)26-11;14-9-4-10(16-7-1-2-7)19-11(17-9)6(5-15-19)3-8-12(20)18-13(21)22-8/h4-5,7-8,10,17,23-24H,2-3,6H2,1H3,(H,21,25);3-5,7,20H,1-2H2,(H,18,21). The Kier molecular flexibility index (Phi) is 8.54. The van der Waals surface area contributed by atoms with Crippen molar-refractivity contribution < 1.29 is 15.3 Å². The molecule has 0 amide bonds. The molecule has 2 saturated carbocycles. The molecule has 1 atom stereocenters. The number of hydrogen-bond acceptors (Lipinski definition) is 14. The summed E-state index contributed by atoms with van der Waals surface area (Å²) in [5.74, 6) is 0.240. The Morgan fingerprint density at radius 2 is 1.42 bits per heavy atom. The maximum absolute atomic E-state index is 11.4. The van der Waals surface area contributed by atoms with Crippen LogP contribution in [0.1, 0.15) is 42.4 Å². The number of hydrogen-bond donors (Lipinski definition) is 6. The Hall–Kier alpha value is -4.91. The topological polar surface area (TPSA) is 224 Å². The first kappa shape index (κ1) is 31.7. The number of nitrogens with zero attached hydrogens (tertiary/aromatic N) is 8. The third-order valence-corrected chi connectivity index (χ3v) is 8.95. The van der Waals surface area contributed by atoms with Crippen molar-refractivity contribution >= 4 is 63.5 Å². The normalized spacial score (nSPS) is 17.0. The number of H-pyrrole nitrogens is 2. The molecule has 2 fully saturated rings. The lowest BCUT2D eigenvalue weighted by Gasteiger charge is -2.08. The molecule has 0 spiro atoms. The van der Waals surface area contributed by atoms with Gasteiger partial charge in [0, 0.05) is 29.1 Å². The van der Waals surface area contributed by atoms with Gasteiger partial charge in [-0.1, -0.05) is 34.3 Å². The van der Waals surface area contributed by atoms with Gasteiger partial charge in [-0.15, -0.1) is 0 Å². The SMILES string of the molecule is CC(O)CNc1cc(=NC2CC2)n2ncc(=Cc3sc(=O)[nH]c3O)c2n1.O=c1[nH]c(O)c(C=c2cnn3c(=NC4CC4)cc(Cl)nc23)s1. The van der Waals surface area contributed by atoms with Gasteiger partial charge in [0.15, 0.2) is 22.3 Å². The van der Waals surface area contributed by atoms with Gasteiger partial charge in [-0.25, -0.2) is 9.97 Å². The Labute approximate surface area is 281 Å². The number of aliphatic hydroxyl groups excluding tert-OH is 1. The van der Waals surface area contributed by atoms with Gasteiger partial charge in [0.2, 0.25) is 11.8 Å². The van der Waals surface area contributed by atoms with Gasteiger partial charge in [0.25, 0.3) is 0 Å². The van der Waals surface area contributed by atoms with Crippen LogP contribution in [0.5, 0.6) is 11.8 Å². The summed E-state index contributed by atoms with van der Waals surface area (Å²) in [4.78, 5) is 45.5. The van der Waals surface area contributed by atoms with Crippen molar-refractivity contribution in [3.05, 3.63) is 80.2 Å². The van der Waals surface area contributed by atoms with Crippen LogP contribution in [0, 0.1) is 0 Å². The highest BCUT2D eigenvalue weighted by molar-refractivity contribution is 7.10. The van der Waals surface area contributed by atoms with Gasteiger partial charge in [-0.05, 0) is 44.8 Å². The summed E-state index contributed by atoms with van der Waals surface area (Å²) < 4.78 is 3.26. The van der Waals surface area contributed by atoms with Crippen molar-refractivity contribution in [2.24, 2.45) is 9.98 Å². The van der Waals surface area contributed by atoms with Crippen molar-refractivity contribution in [2.45, 2.75) is 50.8 Å². The number of fused-ring (bicyclic) bond motifs is 2. The number of rotatable bonds is 7. The van der Waals surface area contributed by atoms with Crippen LogP contribution in [0.15, 0.2) is 44.1 Å². The zero-order valence-corrected chi connectivity index (χ0v) is 27.6. The van der Waals surface area contributed by atoms with Gasteiger partial charge in [-0.2, -0.15) is 19.2 Å². The summed E-state index contributed by atoms with van der Waals surface area (Å²) >= 11 is 7.89. The summed E-state index contributed by atoms with van der Waals surface area (Å²) in [6.07, 6.45) is 10.3.